The van der Waals surface area contributed by atoms with Crippen LogP contribution in [0, 0.1) is 0 Å². The van der Waals surface area contributed by atoms with Gasteiger partial charge in [-0.2, -0.15) is 12.6 Å². The zero-order valence-corrected chi connectivity index (χ0v) is 10.6. The van der Waals surface area contributed by atoms with Crippen LogP contribution in [0.4, 0.5) is 0 Å². The number of piperidine rings is 1. The van der Waals surface area contributed by atoms with Gasteiger partial charge in [0.15, 0.2) is 0 Å². The third kappa shape index (κ3) is 4.92. The number of hydrogen-bond acceptors (Lipinski definition) is 2. The molecule has 1 fully saturated rings. The topological polar surface area (TPSA) is 20.3 Å². The summed E-state index contributed by atoms with van der Waals surface area (Å²) >= 11 is 4.43. The summed E-state index contributed by atoms with van der Waals surface area (Å²) in [5.41, 5.74) is 0. The van der Waals surface area contributed by atoms with Gasteiger partial charge in [-0.15, -0.1) is 0 Å². The number of rotatable bonds is 5. The molecule has 0 atom stereocenters. The van der Waals surface area contributed by atoms with Crippen LogP contribution < -0.4 is 0 Å². The first-order valence-electron chi connectivity index (χ1n) is 6.20. The molecule has 15 heavy (non-hydrogen) atoms. The molecular weight excluding hydrogens is 206 g/mol. The molecular formula is C12H23NOS. The minimum Gasteiger partial charge on any atom is -0.343 e. The van der Waals surface area contributed by atoms with Crippen LogP contribution in [-0.2, 0) is 4.79 Å². The zero-order chi connectivity index (χ0) is 11.1. The third-order valence-electron chi connectivity index (χ3n) is 3.06. The quantitative estimate of drug-likeness (QED) is 0.568. The van der Waals surface area contributed by atoms with Crippen molar-refractivity contribution in [2.75, 3.05) is 13.1 Å². The van der Waals surface area contributed by atoms with Crippen LogP contribution in [0.5, 0.6) is 0 Å². The van der Waals surface area contributed by atoms with Crippen LogP contribution in [0.15, 0.2) is 0 Å². The van der Waals surface area contributed by atoms with Crippen LogP contribution in [0.1, 0.15) is 51.9 Å². The summed E-state index contributed by atoms with van der Waals surface area (Å²) in [5, 5.41) is 0.508. The molecule has 0 aliphatic carbocycles. The number of likely N-dealkylation sites (tertiary alicyclic amines) is 1. The van der Waals surface area contributed by atoms with Crippen molar-refractivity contribution in [2.45, 2.75) is 57.1 Å². The highest BCUT2D eigenvalue weighted by Gasteiger charge is 2.19. The molecule has 0 radical (unpaired) electrons. The molecule has 0 N–H and O–H groups in total. The maximum atomic E-state index is 11.8. The Morgan fingerprint density at radius 2 is 1.93 bits per heavy atom. The van der Waals surface area contributed by atoms with Gasteiger partial charge in [0, 0.05) is 24.8 Å². The number of thiol groups is 1. The van der Waals surface area contributed by atoms with Crippen molar-refractivity contribution in [2.24, 2.45) is 0 Å². The van der Waals surface area contributed by atoms with E-state index in [0.717, 1.165) is 38.8 Å². The Kier molecular flexibility index (Phi) is 6.15. The summed E-state index contributed by atoms with van der Waals surface area (Å²) in [6.07, 6.45) is 7.62. The fourth-order valence-corrected chi connectivity index (χ4v) is 2.21. The minimum absolute atomic E-state index is 0.353. The van der Waals surface area contributed by atoms with Crippen molar-refractivity contribution in [3.8, 4) is 0 Å². The monoisotopic (exact) mass is 229 g/mol. The zero-order valence-electron chi connectivity index (χ0n) is 9.74. The molecule has 1 saturated heterocycles. The lowest BCUT2D eigenvalue weighted by molar-refractivity contribution is -0.132. The maximum absolute atomic E-state index is 11.8. The Hall–Kier alpha value is -0.180. The summed E-state index contributed by atoms with van der Waals surface area (Å²) in [5.74, 6) is 0.353. The highest BCUT2D eigenvalue weighted by molar-refractivity contribution is 7.80. The van der Waals surface area contributed by atoms with Crippen molar-refractivity contribution in [1.29, 1.82) is 0 Å². The summed E-state index contributed by atoms with van der Waals surface area (Å²) in [6, 6.07) is 0. The first-order valence-corrected chi connectivity index (χ1v) is 6.71. The van der Waals surface area contributed by atoms with Crippen LogP contribution in [0.3, 0.4) is 0 Å². The molecule has 1 aliphatic rings. The molecule has 1 aliphatic heterocycles. The van der Waals surface area contributed by atoms with Gasteiger partial charge in [-0.1, -0.05) is 26.2 Å². The summed E-state index contributed by atoms with van der Waals surface area (Å²) in [4.78, 5) is 13.8. The number of carbonyl (C=O) groups is 1. The summed E-state index contributed by atoms with van der Waals surface area (Å²) < 4.78 is 0. The van der Waals surface area contributed by atoms with E-state index in [1.165, 1.54) is 19.3 Å². The number of nitrogens with zero attached hydrogens (tertiary/aromatic N) is 1. The van der Waals surface area contributed by atoms with Gasteiger partial charge in [0.25, 0.3) is 0 Å². The Morgan fingerprint density at radius 3 is 2.53 bits per heavy atom. The average molecular weight is 229 g/mol. The fourth-order valence-electron chi connectivity index (χ4n) is 1.98. The van der Waals surface area contributed by atoms with Crippen molar-refractivity contribution < 1.29 is 4.79 Å². The molecule has 0 unspecified atom stereocenters. The number of hydrogen-bond donors (Lipinski definition) is 1. The molecule has 1 heterocycles. The van der Waals surface area contributed by atoms with E-state index in [2.05, 4.69) is 19.6 Å². The molecule has 0 aromatic heterocycles. The van der Waals surface area contributed by atoms with E-state index in [4.69, 9.17) is 0 Å². The van der Waals surface area contributed by atoms with Gasteiger partial charge in [0.2, 0.25) is 5.91 Å². The first kappa shape index (κ1) is 12.9. The van der Waals surface area contributed by atoms with Crippen molar-refractivity contribution >= 4 is 18.5 Å². The van der Waals surface area contributed by atoms with Crippen LogP contribution in [0.2, 0.25) is 0 Å². The Balaban J connectivity index is 2.11. The van der Waals surface area contributed by atoms with Crippen molar-refractivity contribution in [3.63, 3.8) is 0 Å². The molecule has 2 nitrogen and oxygen atoms in total. The molecule has 0 aromatic carbocycles. The fraction of sp³-hybridized carbons (Fsp3) is 0.917. The van der Waals surface area contributed by atoms with Crippen molar-refractivity contribution in [1.82, 2.24) is 4.90 Å². The Labute approximate surface area is 98.8 Å². The van der Waals surface area contributed by atoms with E-state index in [1.807, 2.05) is 4.90 Å². The molecule has 0 bridgehead atoms. The summed E-state index contributed by atoms with van der Waals surface area (Å²) in [6.45, 7) is 4.03. The van der Waals surface area contributed by atoms with E-state index in [-0.39, 0.29) is 0 Å². The summed E-state index contributed by atoms with van der Waals surface area (Å²) in [7, 11) is 0. The highest BCUT2D eigenvalue weighted by Crippen LogP contribution is 2.16. The first-order chi connectivity index (χ1) is 7.24. The molecule has 0 aromatic rings. The normalized spacial score (nSPS) is 18.1. The van der Waals surface area contributed by atoms with Gasteiger partial charge < -0.3 is 4.90 Å². The number of unbranched alkanes of at least 4 members (excludes halogenated alkanes) is 3. The van der Waals surface area contributed by atoms with E-state index >= 15 is 0 Å². The second-order valence-electron chi connectivity index (χ2n) is 4.42. The standard InChI is InChI=1S/C12H23NOS/c1-2-3-4-5-6-12(14)13-9-7-11(15)8-10-13/h11,15H,2-10H2,1H3. The molecule has 1 rings (SSSR count). The Bertz CT molecular complexity index is 188. The van der Waals surface area contributed by atoms with E-state index in [0.29, 0.717) is 11.2 Å². The van der Waals surface area contributed by atoms with Gasteiger partial charge in [-0.3, -0.25) is 4.79 Å². The van der Waals surface area contributed by atoms with Gasteiger partial charge in [0.05, 0.1) is 0 Å². The Morgan fingerprint density at radius 1 is 1.27 bits per heavy atom. The van der Waals surface area contributed by atoms with Gasteiger partial charge in [0.1, 0.15) is 0 Å². The lowest BCUT2D eigenvalue weighted by atomic mass is 10.1. The molecule has 0 spiro atoms. The second-order valence-corrected chi connectivity index (χ2v) is 5.15. The van der Waals surface area contributed by atoms with Gasteiger partial charge >= 0.3 is 0 Å². The predicted octanol–water partition coefficient (Wildman–Crippen LogP) is 2.88. The molecule has 0 saturated carbocycles. The lowest BCUT2D eigenvalue weighted by Gasteiger charge is -2.29. The number of amides is 1. The van der Waals surface area contributed by atoms with Crippen LogP contribution in [-0.4, -0.2) is 29.1 Å². The largest absolute Gasteiger partial charge is 0.343 e. The highest BCUT2D eigenvalue weighted by atomic mass is 32.1. The van der Waals surface area contributed by atoms with E-state index in [9.17, 15) is 4.79 Å². The van der Waals surface area contributed by atoms with Gasteiger partial charge in [-0.25, -0.2) is 0 Å². The molecule has 1 amide bonds. The molecule has 3 heteroatoms. The van der Waals surface area contributed by atoms with Crippen LogP contribution in [0.25, 0.3) is 0 Å². The van der Waals surface area contributed by atoms with Crippen molar-refractivity contribution in [3.05, 3.63) is 0 Å². The third-order valence-corrected chi connectivity index (χ3v) is 3.58. The maximum Gasteiger partial charge on any atom is 0.222 e. The predicted molar refractivity (Wildman–Crippen MR) is 67.3 cm³/mol. The minimum atomic E-state index is 0.353. The lowest BCUT2D eigenvalue weighted by Crippen LogP contribution is -2.38. The van der Waals surface area contributed by atoms with Crippen LogP contribution >= 0.6 is 12.6 Å². The van der Waals surface area contributed by atoms with E-state index < -0.39 is 0 Å². The molecule has 88 valence electrons. The smallest absolute Gasteiger partial charge is 0.222 e. The van der Waals surface area contributed by atoms with Gasteiger partial charge in [-0.05, 0) is 19.3 Å². The second kappa shape index (κ2) is 7.15. The number of carbonyl (C=O) groups excluding carboxylic acids is 1. The SMILES string of the molecule is CCCCCCC(=O)N1CCC(S)CC1. The van der Waals surface area contributed by atoms with E-state index in [1.54, 1.807) is 0 Å². The average Bonchev–Trinajstić information content (AvgIpc) is 2.25.